The van der Waals surface area contributed by atoms with Gasteiger partial charge in [0.2, 0.25) is 0 Å². The number of H-pyrrole nitrogens is 1. The Morgan fingerprint density at radius 2 is 2.18 bits per heavy atom. The predicted molar refractivity (Wildman–Crippen MR) is 70.4 cm³/mol. The van der Waals surface area contributed by atoms with Crippen LogP contribution in [0, 0.1) is 11.3 Å². The molecule has 0 saturated heterocycles. The van der Waals surface area contributed by atoms with Gasteiger partial charge in [-0.05, 0) is 6.07 Å². The van der Waals surface area contributed by atoms with Crippen molar-refractivity contribution in [2.45, 2.75) is 18.6 Å². The summed E-state index contributed by atoms with van der Waals surface area (Å²) in [6.07, 6.45) is 0.278. The quantitative estimate of drug-likeness (QED) is 0.806. The molecule has 3 aromatic heterocycles. The normalized spacial score (nSPS) is 13.2. The van der Waals surface area contributed by atoms with Crippen LogP contribution in [0.15, 0.2) is 31.0 Å². The zero-order chi connectivity index (χ0) is 15.7. The summed E-state index contributed by atoms with van der Waals surface area (Å²) in [4.78, 5) is 11.0. The molecule has 6 nitrogen and oxygen atoms in total. The van der Waals surface area contributed by atoms with Crippen LogP contribution in [0.25, 0.3) is 22.3 Å². The van der Waals surface area contributed by atoms with Gasteiger partial charge < -0.3 is 4.98 Å². The van der Waals surface area contributed by atoms with Gasteiger partial charge in [-0.3, -0.25) is 4.68 Å². The van der Waals surface area contributed by atoms with Crippen LogP contribution in [0.3, 0.4) is 0 Å². The molecule has 0 aliphatic rings. The minimum absolute atomic E-state index is 0.430. The molecule has 0 radical (unpaired) electrons. The van der Waals surface area contributed by atoms with Crippen LogP contribution in [0.5, 0.6) is 0 Å². The van der Waals surface area contributed by atoms with Crippen LogP contribution in [-0.2, 0) is 0 Å². The molecule has 0 spiro atoms. The molecule has 0 aromatic carbocycles. The van der Waals surface area contributed by atoms with Crippen LogP contribution >= 0.6 is 0 Å². The van der Waals surface area contributed by atoms with Gasteiger partial charge in [0.1, 0.15) is 12.0 Å². The van der Waals surface area contributed by atoms with Gasteiger partial charge >= 0.3 is 6.18 Å². The third-order valence-corrected chi connectivity index (χ3v) is 3.21. The lowest BCUT2D eigenvalue weighted by Gasteiger charge is -2.17. The fraction of sp³-hybridized carbons (Fsp3) is 0.231. The summed E-state index contributed by atoms with van der Waals surface area (Å²) in [7, 11) is 0. The molecular weight excluding hydrogens is 297 g/mol. The van der Waals surface area contributed by atoms with Crippen LogP contribution < -0.4 is 0 Å². The Morgan fingerprint density at radius 3 is 2.91 bits per heavy atom. The number of nitrogens with zero attached hydrogens (tertiary/aromatic N) is 5. The average molecular weight is 306 g/mol. The lowest BCUT2D eigenvalue weighted by atomic mass is 10.2. The number of alkyl halides is 3. The van der Waals surface area contributed by atoms with Gasteiger partial charge in [0.05, 0.1) is 24.4 Å². The first-order valence-corrected chi connectivity index (χ1v) is 6.27. The van der Waals surface area contributed by atoms with E-state index in [0.29, 0.717) is 22.3 Å². The van der Waals surface area contributed by atoms with E-state index in [-0.39, 0.29) is 0 Å². The van der Waals surface area contributed by atoms with E-state index in [1.807, 2.05) is 0 Å². The molecule has 9 heteroatoms. The number of aromatic nitrogens is 5. The topological polar surface area (TPSA) is 83.2 Å². The smallest absolute Gasteiger partial charge is 0.346 e. The highest BCUT2D eigenvalue weighted by molar-refractivity contribution is 5.89. The molecule has 0 amide bonds. The first-order valence-electron chi connectivity index (χ1n) is 6.27. The lowest BCUT2D eigenvalue weighted by Crippen LogP contribution is -2.26. The monoisotopic (exact) mass is 306 g/mol. The molecule has 1 atom stereocenters. The molecule has 112 valence electrons. The van der Waals surface area contributed by atoms with Gasteiger partial charge in [-0.1, -0.05) is 0 Å². The molecule has 3 heterocycles. The zero-order valence-electron chi connectivity index (χ0n) is 11.0. The molecule has 0 aliphatic carbocycles. The second-order valence-electron chi connectivity index (χ2n) is 4.59. The fourth-order valence-corrected chi connectivity index (χ4v) is 2.18. The molecule has 0 bridgehead atoms. The largest absolute Gasteiger partial charge is 0.411 e. The number of hydrogen-bond donors (Lipinski definition) is 1. The van der Waals surface area contributed by atoms with E-state index in [9.17, 15) is 13.2 Å². The predicted octanol–water partition coefficient (Wildman–Crippen LogP) is 2.84. The van der Waals surface area contributed by atoms with Crippen LogP contribution in [0.1, 0.15) is 12.5 Å². The van der Waals surface area contributed by atoms with Crippen LogP contribution in [0.4, 0.5) is 13.2 Å². The minimum atomic E-state index is -4.55. The van der Waals surface area contributed by atoms with Gasteiger partial charge in [0.15, 0.2) is 6.04 Å². The molecular formula is C13H9F3N6. The summed E-state index contributed by atoms with van der Waals surface area (Å²) in [6, 6.07) is 1.29. The van der Waals surface area contributed by atoms with Crippen molar-refractivity contribution in [3.8, 4) is 17.3 Å². The minimum Gasteiger partial charge on any atom is -0.346 e. The fourth-order valence-electron chi connectivity index (χ4n) is 2.18. The van der Waals surface area contributed by atoms with Crippen molar-refractivity contribution in [1.82, 2.24) is 24.7 Å². The Bertz CT molecular complexity index is 841. The second kappa shape index (κ2) is 5.14. The Labute approximate surface area is 122 Å². The summed E-state index contributed by atoms with van der Waals surface area (Å²) < 4.78 is 39.6. The van der Waals surface area contributed by atoms with E-state index >= 15 is 0 Å². The van der Waals surface area contributed by atoms with Crippen molar-refractivity contribution in [3.63, 3.8) is 0 Å². The van der Waals surface area contributed by atoms with E-state index in [2.05, 4.69) is 20.1 Å². The Morgan fingerprint density at radius 1 is 1.36 bits per heavy atom. The average Bonchev–Trinajstić information content (AvgIpc) is 3.11. The van der Waals surface area contributed by atoms with Crippen molar-refractivity contribution < 1.29 is 13.2 Å². The van der Waals surface area contributed by atoms with Gasteiger partial charge in [-0.25, -0.2) is 9.97 Å². The lowest BCUT2D eigenvalue weighted by molar-refractivity contribution is -0.169. The maximum atomic E-state index is 13.0. The first-order chi connectivity index (χ1) is 10.5. The van der Waals surface area contributed by atoms with E-state index < -0.39 is 18.6 Å². The van der Waals surface area contributed by atoms with Crippen molar-refractivity contribution in [2.75, 3.05) is 0 Å². The zero-order valence-corrected chi connectivity index (χ0v) is 11.0. The summed E-state index contributed by atoms with van der Waals surface area (Å²) >= 11 is 0. The number of fused-ring (bicyclic) bond motifs is 1. The van der Waals surface area contributed by atoms with E-state index in [1.165, 1.54) is 24.8 Å². The molecule has 0 fully saturated rings. The van der Waals surface area contributed by atoms with Gasteiger partial charge in [-0.15, -0.1) is 0 Å². The Hall–Kier alpha value is -2.89. The number of nitriles is 1. The summed E-state index contributed by atoms with van der Waals surface area (Å²) in [5.41, 5.74) is 1.50. The molecule has 3 rings (SSSR count). The molecule has 0 aliphatic heterocycles. The molecule has 3 aromatic rings. The SMILES string of the molecule is N#CC[C@H](n1cc(-c2ncnc3[nH]ccc23)cn1)C(F)(F)F. The van der Waals surface area contributed by atoms with E-state index in [4.69, 9.17) is 5.26 Å². The van der Waals surface area contributed by atoms with Gasteiger partial charge in [-0.2, -0.15) is 23.5 Å². The van der Waals surface area contributed by atoms with Crippen molar-refractivity contribution in [3.05, 3.63) is 31.0 Å². The Balaban J connectivity index is 2.04. The third-order valence-electron chi connectivity index (χ3n) is 3.21. The second-order valence-corrected chi connectivity index (χ2v) is 4.59. The van der Waals surface area contributed by atoms with Gasteiger partial charge in [0, 0.05) is 23.3 Å². The van der Waals surface area contributed by atoms with E-state index in [0.717, 1.165) is 4.68 Å². The maximum absolute atomic E-state index is 13.0. The molecule has 0 unspecified atom stereocenters. The summed E-state index contributed by atoms with van der Waals surface area (Å²) in [5.74, 6) is 0. The first kappa shape index (κ1) is 14.1. The standard InChI is InChI=1S/C13H9F3N6/c14-13(15,16)10(1-3-17)22-6-8(5-21-22)11-9-2-4-18-12(9)20-7-19-11/h2,4-7,10H,1H2,(H,18,19,20)/t10-/m0/s1. The van der Waals surface area contributed by atoms with Gasteiger partial charge in [0.25, 0.3) is 0 Å². The summed E-state index contributed by atoms with van der Waals surface area (Å²) in [6.45, 7) is 0. The number of nitrogens with one attached hydrogen (secondary N) is 1. The highest BCUT2D eigenvalue weighted by atomic mass is 19.4. The van der Waals surface area contributed by atoms with Crippen molar-refractivity contribution in [2.24, 2.45) is 0 Å². The Kier molecular flexibility index (Phi) is 3.29. The number of rotatable bonds is 3. The summed E-state index contributed by atoms with van der Waals surface area (Å²) in [5, 5.41) is 13.0. The molecule has 0 saturated carbocycles. The number of aromatic amines is 1. The third kappa shape index (κ3) is 2.39. The highest BCUT2D eigenvalue weighted by Crippen LogP contribution is 2.34. The molecule has 1 N–H and O–H groups in total. The maximum Gasteiger partial charge on any atom is 0.411 e. The van der Waals surface area contributed by atoms with Crippen molar-refractivity contribution in [1.29, 1.82) is 5.26 Å². The molecule has 22 heavy (non-hydrogen) atoms. The number of hydrogen-bond acceptors (Lipinski definition) is 4. The van der Waals surface area contributed by atoms with Crippen LogP contribution in [0.2, 0.25) is 0 Å². The van der Waals surface area contributed by atoms with Crippen molar-refractivity contribution >= 4 is 11.0 Å². The van der Waals surface area contributed by atoms with E-state index in [1.54, 1.807) is 12.3 Å². The highest BCUT2D eigenvalue weighted by Gasteiger charge is 2.41. The van der Waals surface area contributed by atoms with Crippen LogP contribution in [-0.4, -0.2) is 30.9 Å². The number of halogens is 3.